The molecule has 0 aliphatic heterocycles. The number of aliphatic hydroxyl groups is 1. The van der Waals surface area contributed by atoms with Crippen LogP contribution in [0.15, 0.2) is 30.3 Å². The van der Waals surface area contributed by atoms with Crippen molar-refractivity contribution in [3.63, 3.8) is 0 Å². The van der Waals surface area contributed by atoms with Crippen molar-refractivity contribution < 1.29 is 5.11 Å². The lowest BCUT2D eigenvalue weighted by Gasteiger charge is -2.27. The van der Waals surface area contributed by atoms with Crippen molar-refractivity contribution in [1.29, 1.82) is 0 Å². The molecule has 2 nitrogen and oxygen atoms in total. The molecule has 1 atom stereocenters. The number of hydrogen-bond acceptors (Lipinski definition) is 2. The van der Waals surface area contributed by atoms with Crippen LogP contribution >= 0.6 is 0 Å². The number of benzene rings is 1. The highest BCUT2D eigenvalue weighted by molar-refractivity contribution is 5.23. The average Bonchev–Trinajstić information content (AvgIpc) is 2.29. The van der Waals surface area contributed by atoms with Crippen molar-refractivity contribution in [3.8, 4) is 0 Å². The summed E-state index contributed by atoms with van der Waals surface area (Å²) in [6.07, 6.45) is -0.262. The molecule has 0 bridgehead atoms. The molecule has 0 amide bonds. The molecule has 0 saturated carbocycles. The Hall–Kier alpha value is -0.860. The molecule has 1 unspecified atom stereocenters. The summed E-state index contributed by atoms with van der Waals surface area (Å²) in [6.45, 7) is 10.0. The highest BCUT2D eigenvalue weighted by Gasteiger charge is 2.20. The first-order valence-corrected chi connectivity index (χ1v) is 6.38. The minimum absolute atomic E-state index is 0.0952. The van der Waals surface area contributed by atoms with Crippen LogP contribution < -0.4 is 5.32 Å². The van der Waals surface area contributed by atoms with E-state index in [9.17, 15) is 5.11 Å². The summed E-state index contributed by atoms with van der Waals surface area (Å²) in [5.74, 6) is 0.308. The molecule has 1 aromatic rings. The fourth-order valence-corrected chi connectivity index (χ4v) is 1.76. The largest absolute Gasteiger partial charge is 0.392 e. The van der Waals surface area contributed by atoms with Crippen LogP contribution in [0.5, 0.6) is 0 Å². The van der Waals surface area contributed by atoms with Crippen LogP contribution in [0.1, 0.15) is 33.3 Å². The molecule has 0 aliphatic rings. The fourth-order valence-electron chi connectivity index (χ4n) is 1.76. The quantitative estimate of drug-likeness (QED) is 0.794. The second-order valence-electron chi connectivity index (χ2n) is 5.69. The molecule has 0 radical (unpaired) electrons. The lowest BCUT2D eigenvalue weighted by molar-refractivity contribution is 0.122. The summed E-state index contributed by atoms with van der Waals surface area (Å²) in [5.41, 5.74) is 1.42. The van der Waals surface area contributed by atoms with E-state index in [4.69, 9.17) is 0 Å². The van der Waals surface area contributed by atoms with Crippen LogP contribution in [0.2, 0.25) is 0 Å². The van der Waals surface area contributed by atoms with Gasteiger partial charge in [-0.25, -0.2) is 0 Å². The zero-order valence-corrected chi connectivity index (χ0v) is 11.4. The van der Waals surface area contributed by atoms with E-state index in [0.29, 0.717) is 12.5 Å². The smallest absolute Gasteiger partial charge is 0.0687 e. The molecule has 96 valence electrons. The van der Waals surface area contributed by atoms with Crippen molar-refractivity contribution in [2.24, 2.45) is 5.92 Å². The molecule has 0 heterocycles. The zero-order valence-electron chi connectivity index (χ0n) is 11.4. The number of hydrogen-bond donors (Lipinski definition) is 2. The minimum atomic E-state index is -0.262. The van der Waals surface area contributed by atoms with Crippen molar-refractivity contribution >= 4 is 0 Å². The molecule has 1 rings (SSSR count). The van der Waals surface area contributed by atoms with Gasteiger partial charge in [-0.2, -0.15) is 0 Å². The molecule has 0 aromatic heterocycles. The standard InChI is InChI=1S/C15H25NO/c1-12(2)14(17)10-16-11-15(3,4)13-8-6-5-7-9-13/h5-9,12,14,16-17H,10-11H2,1-4H3. The van der Waals surface area contributed by atoms with Gasteiger partial charge in [0.1, 0.15) is 0 Å². The molecule has 0 saturated heterocycles. The fraction of sp³-hybridized carbons (Fsp3) is 0.600. The minimum Gasteiger partial charge on any atom is -0.392 e. The van der Waals surface area contributed by atoms with Crippen LogP contribution in [0.25, 0.3) is 0 Å². The summed E-state index contributed by atoms with van der Waals surface area (Å²) >= 11 is 0. The predicted octanol–water partition coefficient (Wildman–Crippen LogP) is 2.57. The lowest BCUT2D eigenvalue weighted by Crippen LogP contribution is -2.38. The first-order valence-electron chi connectivity index (χ1n) is 6.38. The summed E-state index contributed by atoms with van der Waals surface area (Å²) in [7, 11) is 0. The molecular weight excluding hydrogens is 210 g/mol. The van der Waals surface area contributed by atoms with Crippen molar-refractivity contribution in [2.45, 2.75) is 39.2 Å². The molecule has 17 heavy (non-hydrogen) atoms. The summed E-state index contributed by atoms with van der Waals surface area (Å²) in [4.78, 5) is 0. The topological polar surface area (TPSA) is 32.3 Å². The van der Waals surface area contributed by atoms with E-state index in [1.165, 1.54) is 5.56 Å². The Morgan fingerprint density at radius 3 is 2.29 bits per heavy atom. The van der Waals surface area contributed by atoms with Crippen molar-refractivity contribution in [1.82, 2.24) is 5.32 Å². The van der Waals surface area contributed by atoms with E-state index in [1.54, 1.807) is 0 Å². The second-order valence-corrected chi connectivity index (χ2v) is 5.69. The SMILES string of the molecule is CC(C)C(O)CNCC(C)(C)c1ccccc1. The maximum absolute atomic E-state index is 9.73. The van der Waals surface area contributed by atoms with Gasteiger partial charge in [-0.3, -0.25) is 0 Å². The first-order chi connectivity index (χ1) is 7.93. The Morgan fingerprint density at radius 2 is 1.76 bits per heavy atom. The van der Waals surface area contributed by atoms with E-state index < -0.39 is 0 Å². The van der Waals surface area contributed by atoms with E-state index >= 15 is 0 Å². The average molecular weight is 235 g/mol. The van der Waals surface area contributed by atoms with E-state index in [0.717, 1.165) is 6.54 Å². The number of nitrogens with one attached hydrogen (secondary N) is 1. The Kier molecular flexibility index (Phi) is 5.16. The summed E-state index contributed by atoms with van der Waals surface area (Å²) in [6, 6.07) is 10.5. The van der Waals surface area contributed by atoms with Gasteiger partial charge in [0.2, 0.25) is 0 Å². The highest BCUT2D eigenvalue weighted by atomic mass is 16.3. The van der Waals surface area contributed by atoms with E-state index in [2.05, 4.69) is 43.4 Å². The molecule has 0 spiro atoms. The molecule has 0 fully saturated rings. The van der Waals surface area contributed by atoms with E-state index in [-0.39, 0.29) is 11.5 Å². The van der Waals surface area contributed by atoms with Crippen LogP contribution in [0.4, 0.5) is 0 Å². The number of aliphatic hydroxyl groups excluding tert-OH is 1. The third-order valence-corrected chi connectivity index (χ3v) is 3.25. The normalized spacial score (nSPS) is 14.0. The Labute approximate surface area is 105 Å². The predicted molar refractivity (Wildman–Crippen MR) is 73.2 cm³/mol. The highest BCUT2D eigenvalue weighted by Crippen LogP contribution is 2.21. The zero-order chi connectivity index (χ0) is 12.9. The monoisotopic (exact) mass is 235 g/mol. The van der Waals surface area contributed by atoms with Crippen LogP contribution in [0, 0.1) is 5.92 Å². The van der Waals surface area contributed by atoms with Crippen molar-refractivity contribution in [2.75, 3.05) is 13.1 Å². The van der Waals surface area contributed by atoms with Gasteiger partial charge >= 0.3 is 0 Å². The Balaban J connectivity index is 2.46. The lowest BCUT2D eigenvalue weighted by atomic mass is 9.84. The van der Waals surface area contributed by atoms with Crippen LogP contribution in [-0.4, -0.2) is 24.3 Å². The van der Waals surface area contributed by atoms with Gasteiger partial charge in [0, 0.05) is 18.5 Å². The summed E-state index contributed by atoms with van der Waals surface area (Å²) in [5, 5.41) is 13.1. The van der Waals surface area contributed by atoms with Gasteiger partial charge in [0.05, 0.1) is 6.10 Å². The molecule has 0 aliphatic carbocycles. The third kappa shape index (κ3) is 4.49. The van der Waals surface area contributed by atoms with E-state index in [1.807, 2.05) is 19.9 Å². The van der Waals surface area contributed by atoms with Gasteiger partial charge < -0.3 is 10.4 Å². The Morgan fingerprint density at radius 1 is 1.18 bits per heavy atom. The molecular formula is C15H25NO. The van der Waals surface area contributed by atoms with Gasteiger partial charge in [-0.1, -0.05) is 58.0 Å². The summed E-state index contributed by atoms with van der Waals surface area (Å²) < 4.78 is 0. The maximum Gasteiger partial charge on any atom is 0.0687 e. The Bertz CT molecular complexity index is 319. The third-order valence-electron chi connectivity index (χ3n) is 3.25. The van der Waals surface area contributed by atoms with Gasteiger partial charge in [-0.15, -0.1) is 0 Å². The second kappa shape index (κ2) is 6.18. The van der Waals surface area contributed by atoms with Crippen LogP contribution in [-0.2, 0) is 5.41 Å². The van der Waals surface area contributed by atoms with Gasteiger partial charge in [0.25, 0.3) is 0 Å². The molecule has 2 N–H and O–H groups in total. The first kappa shape index (κ1) is 14.2. The molecule has 1 aromatic carbocycles. The van der Waals surface area contributed by atoms with Crippen LogP contribution in [0.3, 0.4) is 0 Å². The van der Waals surface area contributed by atoms with Crippen molar-refractivity contribution in [3.05, 3.63) is 35.9 Å². The van der Waals surface area contributed by atoms with Gasteiger partial charge in [0.15, 0.2) is 0 Å². The van der Waals surface area contributed by atoms with Gasteiger partial charge in [-0.05, 0) is 11.5 Å². The maximum atomic E-state index is 9.73. The molecule has 2 heteroatoms. The number of rotatable bonds is 6.